The molecule has 128 valence electrons. The molecule has 1 fully saturated rings. The first-order chi connectivity index (χ1) is 12.0. The Bertz CT molecular complexity index is 896. The van der Waals surface area contributed by atoms with E-state index in [1.165, 1.54) is 17.8 Å². The van der Waals surface area contributed by atoms with Crippen LogP contribution in [0.1, 0.15) is 12.5 Å². The molecule has 0 radical (unpaired) electrons. The lowest BCUT2D eigenvalue weighted by Gasteiger charge is -2.12. The van der Waals surface area contributed by atoms with E-state index in [0.717, 1.165) is 0 Å². The Labute approximate surface area is 159 Å². The summed E-state index contributed by atoms with van der Waals surface area (Å²) in [5, 5.41) is 11.5. The minimum Gasteiger partial charge on any atom is -0.507 e. The third-order valence-corrected chi connectivity index (χ3v) is 5.11. The average molecular weight is 393 g/mol. The van der Waals surface area contributed by atoms with Gasteiger partial charge in [-0.15, -0.1) is 0 Å². The molecule has 1 amide bonds. The molecule has 1 aliphatic heterocycles. The first kappa shape index (κ1) is 17.9. The zero-order chi connectivity index (χ0) is 18.0. The highest BCUT2D eigenvalue weighted by Gasteiger charge is 2.32. The van der Waals surface area contributed by atoms with Gasteiger partial charge in [0.1, 0.15) is 5.75 Å². The number of hydrogen-bond acceptors (Lipinski definition) is 4. The van der Waals surface area contributed by atoms with Crippen molar-refractivity contribution in [3.05, 3.63) is 63.0 Å². The van der Waals surface area contributed by atoms with Gasteiger partial charge in [0.05, 0.1) is 15.6 Å². The molecule has 4 nitrogen and oxygen atoms in total. The summed E-state index contributed by atoms with van der Waals surface area (Å²) in [4.78, 5) is 19.2. The van der Waals surface area contributed by atoms with Gasteiger partial charge in [0.15, 0.2) is 5.17 Å². The number of halogens is 2. The number of amidine groups is 1. The van der Waals surface area contributed by atoms with E-state index in [2.05, 4.69) is 4.99 Å². The number of carbonyl (C=O) groups is 1. The van der Waals surface area contributed by atoms with Crippen molar-refractivity contribution in [2.45, 2.75) is 6.92 Å². The molecule has 0 aliphatic carbocycles. The maximum absolute atomic E-state index is 12.6. The number of phenolic OH excluding ortho intramolecular Hbond substituents is 1. The van der Waals surface area contributed by atoms with Gasteiger partial charge in [0, 0.05) is 17.1 Å². The smallest absolute Gasteiger partial charge is 0.266 e. The van der Waals surface area contributed by atoms with Crippen LogP contribution in [0.5, 0.6) is 5.75 Å². The number of aromatic hydroxyl groups is 1. The number of thioether (sulfide) groups is 1. The van der Waals surface area contributed by atoms with Gasteiger partial charge in [-0.3, -0.25) is 9.69 Å². The first-order valence-electron chi connectivity index (χ1n) is 7.52. The van der Waals surface area contributed by atoms with Crippen LogP contribution >= 0.6 is 35.0 Å². The van der Waals surface area contributed by atoms with Crippen LogP contribution in [0.2, 0.25) is 10.0 Å². The van der Waals surface area contributed by atoms with Crippen molar-refractivity contribution in [3.8, 4) is 5.75 Å². The van der Waals surface area contributed by atoms with Crippen molar-refractivity contribution in [1.82, 2.24) is 4.90 Å². The molecule has 2 aromatic carbocycles. The number of aliphatic imine (C=N–C) groups is 1. The van der Waals surface area contributed by atoms with E-state index in [-0.39, 0.29) is 11.7 Å². The molecule has 0 bridgehead atoms. The van der Waals surface area contributed by atoms with Gasteiger partial charge in [-0.2, -0.15) is 0 Å². The number of amides is 1. The summed E-state index contributed by atoms with van der Waals surface area (Å²) in [6.07, 6.45) is 1.62. The SMILES string of the molecule is CCN1C(=O)/C(=C\c2cc(Cl)ccc2O)SC1=Nc1ccccc1Cl. The highest BCUT2D eigenvalue weighted by atomic mass is 35.5. The Balaban J connectivity index is 1.99. The molecule has 2 aromatic rings. The Morgan fingerprint density at radius 1 is 1.24 bits per heavy atom. The molecule has 1 saturated heterocycles. The van der Waals surface area contributed by atoms with Crippen LogP contribution in [-0.4, -0.2) is 27.6 Å². The van der Waals surface area contributed by atoms with Crippen molar-refractivity contribution in [1.29, 1.82) is 0 Å². The molecule has 0 unspecified atom stereocenters. The lowest BCUT2D eigenvalue weighted by molar-refractivity contribution is -0.122. The van der Waals surface area contributed by atoms with Crippen LogP contribution in [0.4, 0.5) is 5.69 Å². The van der Waals surface area contributed by atoms with Crippen LogP contribution in [0.25, 0.3) is 6.08 Å². The highest BCUT2D eigenvalue weighted by molar-refractivity contribution is 8.18. The summed E-state index contributed by atoms with van der Waals surface area (Å²) >= 11 is 13.4. The molecule has 0 spiro atoms. The molecule has 1 N–H and O–H groups in total. The monoisotopic (exact) mass is 392 g/mol. The van der Waals surface area contributed by atoms with E-state index in [9.17, 15) is 9.90 Å². The molecular formula is C18H14Cl2N2O2S. The Hall–Kier alpha value is -1.95. The molecule has 1 aliphatic rings. The summed E-state index contributed by atoms with van der Waals surface area (Å²) < 4.78 is 0. The Morgan fingerprint density at radius 2 is 2.00 bits per heavy atom. The van der Waals surface area contributed by atoms with E-state index >= 15 is 0 Å². The van der Waals surface area contributed by atoms with E-state index in [1.54, 1.807) is 35.2 Å². The van der Waals surface area contributed by atoms with Crippen LogP contribution < -0.4 is 0 Å². The second kappa shape index (κ2) is 7.52. The van der Waals surface area contributed by atoms with E-state index < -0.39 is 0 Å². The molecule has 3 rings (SSSR count). The van der Waals surface area contributed by atoms with Crippen LogP contribution in [-0.2, 0) is 4.79 Å². The number of nitrogens with zero attached hydrogens (tertiary/aromatic N) is 2. The fraction of sp³-hybridized carbons (Fsp3) is 0.111. The number of phenols is 1. The normalized spacial score (nSPS) is 17.7. The van der Waals surface area contributed by atoms with E-state index in [1.807, 2.05) is 19.1 Å². The molecule has 0 atom stereocenters. The molecule has 7 heteroatoms. The second-order valence-corrected chi connectivity index (χ2v) is 7.06. The largest absolute Gasteiger partial charge is 0.507 e. The summed E-state index contributed by atoms with van der Waals surface area (Å²) in [6.45, 7) is 2.36. The first-order valence-corrected chi connectivity index (χ1v) is 9.10. The number of carbonyl (C=O) groups excluding carboxylic acids is 1. The quantitative estimate of drug-likeness (QED) is 0.718. The van der Waals surface area contributed by atoms with Crippen molar-refractivity contribution in [3.63, 3.8) is 0 Å². The number of likely N-dealkylation sites (N-methyl/N-ethyl adjacent to an activating group) is 1. The van der Waals surface area contributed by atoms with Crippen LogP contribution in [0.15, 0.2) is 52.4 Å². The van der Waals surface area contributed by atoms with E-state index in [0.29, 0.717) is 37.9 Å². The predicted octanol–water partition coefficient (Wildman–Crippen LogP) is 5.32. The van der Waals surface area contributed by atoms with Crippen molar-refractivity contribution >= 4 is 57.8 Å². The third-order valence-electron chi connectivity index (χ3n) is 3.55. The van der Waals surface area contributed by atoms with Crippen molar-refractivity contribution < 1.29 is 9.90 Å². The molecule has 0 aromatic heterocycles. The van der Waals surface area contributed by atoms with Gasteiger partial charge < -0.3 is 5.11 Å². The second-order valence-electron chi connectivity index (χ2n) is 5.21. The minimum absolute atomic E-state index is 0.0600. The summed E-state index contributed by atoms with van der Waals surface area (Å²) in [5.41, 5.74) is 1.09. The number of benzene rings is 2. The number of rotatable bonds is 3. The van der Waals surface area contributed by atoms with Crippen molar-refractivity contribution in [2.75, 3.05) is 6.54 Å². The van der Waals surface area contributed by atoms with Gasteiger partial charge in [-0.05, 0) is 55.1 Å². The van der Waals surface area contributed by atoms with Crippen molar-refractivity contribution in [2.24, 2.45) is 4.99 Å². The Morgan fingerprint density at radius 3 is 2.72 bits per heavy atom. The highest BCUT2D eigenvalue weighted by Crippen LogP contribution is 2.36. The fourth-order valence-electron chi connectivity index (χ4n) is 2.30. The Kier molecular flexibility index (Phi) is 5.37. The zero-order valence-corrected chi connectivity index (χ0v) is 15.6. The molecule has 25 heavy (non-hydrogen) atoms. The maximum Gasteiger partial charge on any atom is 0.266 e. The van der Waals surface area contributed by atoms with Gasteiger partial charge in [-0.25, -0.2) is 4.99 Å². The van der Waals surface area contributed by atoms with E-state index in [4.69, 9.17) is 23.2 Å². The minimum atomic E-state index is -0.169. The van der Waals surface area contributed by atoms with Gasteiger partial charge >= 0.3 is 0 Å². The third kappa shape index (κ3) is 3.84. The maximum atomic E-state index is 12.6. The zero-order valence-electron chi connectivity index (χ0n) is 13.2. The van der Waals surface area contributed by atoms with Crippen LogP contribution in [0.3, 0.4) is 0 Å². The van der Waals surface area contributed by atoms with Gasteiger partial charge in [0.2, 0.25) is 0 Å². The standard InChI is InChI=1S/C18H14Cl2N2O2S/c1-2-22-17(24)16(10-11-9-12(19)7-8-15(11)23)25-18(22)21-14-6-4-3-5-13(14)20/h3-10,23H,2H2,1H3/b16-10+,21-18?. The van der Waals surface area contributed by atoms with Gasteiger partial charge in [-0.1, -0.05) is 35.3 Å². The van der Waals surface area contributed by atoms with Crippen LogP contribution in [0, 0.1) is 0 Å². The number of para-hydroxylation sites is 1. The fourth-order valence-corrected chi connectivity index (χ4v) is 3.70. The predicted molar refractivity (Wildman–Crippen MR) is 105 cm³/mol. The van der Waals surface area contributed by atoms with Gasteiger partial charge in [0.25, 0.3) is 5.91 Å². The molecule has 1 heterocycles. The topological polar surface area (TPSA) is 52.9 Å². The summed E-state index contributed by atoms with van der Waals surface area (Å²) in [6, 6.07) is 11.9. The lowest BCUT2D eigenvalue weighted by Crippen LogP contribution is -2.28. The molecular weight excluding hydrogens is 379 g/mol. The summed E-state index contributed by atoms with van der Waals surface area (Å²) in [7, 11) is 0. The number of hydrogen-bond donors (Lipinski definition) is 1. The average Bonchev–Trinajstić information content (AvgIpc) is 2.88. The lowest BCUT2D eigenvalue weighted by atomic mass is 10.2. The summed E-state index contributed by atoms with van der Waals surface area (Å²) in [5.74, 6) is -0.109. The molecule has 0 saturated carbocycles.